The lowest BCUT2D eigenvalue weighted by Gasteiger charge is -2.45. The third kappa shape index (κ3) is 6.25. The fourth-order valence-electron chi connectivity index (χ4n) is 14.9. The van der Waals surface area contributed by atoms with Gasteiger partial charge in [-0.15, -0.1) is 0 Å². The minimum atomic E-state index is -0.0671. The highest BCUT2D eigenvalue weighted by Gasteiger charge is 2.48. The van der Waals surface area contributed by atoms with Gasteiger partial charge >= 0.3 is 0 Å². The van der Waals surface area contributed by atoms with E-state index >= 15 is 0 Å². The van der Waals surface area contributed by atoms with Crippen molar-refractivity contribution in [3.63, 3.8) is 0 Å². The smallest absolute Gasteiger partial charge is 0.252 e. The van der Waals surface area contributed by atoms with E-state index in [0.717, 1.165) is 11.4 Å². The van der Waals surface area contributed by atoms with Crippen LogP contribution in [0.1, 0.15) is 44.5 Å². The first kappa shape index (κ1) is 45.7. The Labute approximate surface area is 468 Å². The molecule has 6 heterocycles. The molecule has 6 heteroatoms. The van der Waals surface area contributed by atoms with Gasteiger partial charge in [0.1, 0.15) is 0 Å². The van der Waals surface area contributed by atoms with Gasteiger partial charge in [0.2, 0.25) is 0 Å². The highest BCUT2D eigenvalue weighted by Crippen LogP contribution is 2.49. The van der Waals surface area contributed by atoms with Crippen LogP contribution in [0.2, 0.25) is 0 Å². The van der Waals surface area contributed by atoms with E-state index in [-0.39, 0.29) is 13.4 Å². The van der Waals surface area contributed by atoms with Crippen LogP contribution in [-0.4, -0.2) is 22.6 Å². The minimum absolute atomic E-state index is 0.0671. The van der Waals surface area contributed by atoms with E-state index in [9.17, 15) is 0 Å². The van der Waals surface area contributed by atoms with Crippen LogP contribution in [0.5, 0.6) is 0 Å². The molecular weight excluding hydrogens is 966 g/mol. The maximum atomic E-state index is 2.69. The van der Waals surface area contributed by atoms with Gasteiger partial charge in [-0.3, -0.25) is 0 Å². The molecule has 0 atom stereocenters. The van der Waals surface area contributed by atoms with Crippen molar-refractivity contribution in [2.24, 2.45) is 0 Å². The van der Waals surface area contributed by atoms with E-state index in [1.807, 2.05) is 0 Å². The molecule has 17 rings (SSSR count). The molecule has 0 saturated carbocycles. The first-order chi connectivity index (χ1) is 38.9. The topological polar surface area (TPSA) is 16.3 Å². The first-order valence-electron chi connectivity index (χ1n) is 28.5. The Hall–Kier alpha value is -9.25. The SMILES string of the molecule is Cc1ccc(-c2cc3c4c(c2)-n2c5ccc(C)cc5c5cc(C)cc(c52)B4c2cc4c(cc2N3c2ccc(C)cc2)N(c2ccc(C)cc2)c2cc(-c3ccc(C)cc3)cc3c2B4c2cc(C)cc4c5cc(C)ccc5n-3c24)cc1. The number of benzene rings is 11. The molecule has 13 aromatic rings. The molecular formula is C74H56B2N4. The number of rotatable bonds is 4. The Morgan fingerprint density at radius 1 is 0.250 bits per heavy atom. The molecule has 4 aliphatic heterocycles. The normalized spacial score (nSPS) is 13.4. The van der Waals surface area contributed by atoms with Crippen molar-refractivity contribution in [1.29, 1.82) is 0 Å². The third-order valence-corrected chi connectivity index (χ3v) is 18.5. The second-order valence-corrected chi connectivity index (χ2v) is 24.0. The van der Waals surface area contributed by atoms with Gasteiger partial charge < -0.3 is 18.9 Å². The monoisotopic (exact) mass is 1020 g/mol. The van der Waals surface area contributed by atoms with Crippen molar-refractivity contribution in [2.45, 2.75) is 55.4 Å². The Bertz CT molecular complexity index is 4600. The number of anilines is 6. The lowest BCUT2D eigenvalue weighted by Crippen LogP contribution is -2.64. The molecule has 11 aromatic carbocycles. The number of hydrogen-bond acceptors (Lipinski definition) is 2. The molecule has 0 saturated heterocycles. The number of fused-ring (bicyclic) bond motifs is 14. The number of aromatic nitrogens is 2. The lowest BCUT2D eigenvalue weighted by atomic mass is 9.30. The summed E-state index contributed by atoms with van der Waals surface area (Å²) < 4.78 is 5.25. The van der Waals surface area contributed by atoms with Gasteiger partial charge in [0.25, 0.3) is 13.4 Å². The predicted molar refractivity (Wildman–Crippen MR) is 343 cm³/mol. The molecule has 4 nitrogen and oxygen atoms in total. The van der Waals surface area contributed by atoms with E-state index in [2.05, 4.69) is 268 Å². The Morgan fingerprint density at radius 3 is 1.00 bits per heavy atom. The summed E-state index contributed by atoms with van der Waals surface area (Å²) in [6.45, 7) is 17.7. The van der Waals surface area contributed by atoms with Gasteiger partial charge in [-0.1, -0.05) is 148 Å². The molecule has 0 fully saturated rings. The molecule has 0 radical (unpaired) electrons. The van der Waals surface area contributed by atoms with E-state index in [1.54, 1.807) is 0 Å². The molecule has 4 aliphatic rings. The zero-order chi connectivity index (χ0) is 53.7. The van der Waals surface area contributed by atoms with Crippen molar-refractivity contribution in [3.05, 3.63) is 239 Å². The maximum absolute atomic E-state index is 2.69. The number of aryl methyl sites for hydroxylation is 8. The molecule has 378 valence electrons. The van der Waals surface area contributed by atoms with Crippen LogP contribution < -0.4 is 42.6 Å². The van der Waals surface area contributed by atoms with Gasteiger partial charge in [-0.25, -0.2) is 0 Å². The zero-order valence-electron chi connectivity index (χ0n) is 46.4. The summed E-state index contributed by atoms with van der Waals surface area (Å²) >= 11 is 0. The van der Waals surface area contributed by atoms with Crippen LogP contribution in [0.3, 0.4) is 0 Å². The van der Waals surface area contributed by atoms with Gasteiger partial charge in [-0.05, 0) is 201 Å². The molecule has 0 spiro atoms. The van der Waals surface area contributed by atoms with Crippen LogP contribution in [-0.2, 0) is 0 Å². The molecule has 0 aliphatic carbocycles. The molecule has 0 unspecified atom stereocenters. The molecule has 0 bridgehead atoms. The van der Waals surface area contributed by atoms with Crippen LogP contribution in [0.25, 0.3) is 77.2 Å². The van der Waals surface area contributed by atoms with Gasteiger partial charge in [0.15, 0.2) is 0 Å². The summed E-state index contributed by atoms with van der Waals surface area (Å²) in [4.78, 5) is 5.25. The lowest BCUT2D eigenvalue weighted by molar-refractivity contribution is 1.17. The highest BCUT2D eigenvalue weighted by atomic mass is 15.2. The first-order valence-corrected chi connectivity index (χ1v) is 28.5. The van der Waals surface area contributed by atoms with Crippen LogP contribution in [0.4, 0.5) is 34.1 Å². The second kappa shape index (κ2) is 16.2. The average Bonchev–Trinajstić information content (AvgIpc) is 3.82. The van der Waals surface area contributed by atoms with Crippen molar-refractivity contribution in [2.75, 3.05) is 9.80 Å². The summed E-state index contributed by atoms with van der Waals surface area (Å²) in [5, 5.41) is 5.24. The Morgan fingerprint density at radius 2 is 0.600 bits per heavy atom. The van der Waals surface area contributed by atoms with Crippen LogP contribution >= 0.6 is 0 Å². The molecule has 2 aromatic heterocycles. The fraction of sp³-hybridized carbons (Fsp3) is 0.108. The Kier molecular flexibility index (Phi) is 9.25. The van der Waals surface area contributed by atoms with Crippen molar-refractivity contribution >= 4 is 124 Å². The minimum Gasteiger partial charge on any atom is -0.311 e. The van der Waals surface area contributed by atoms with Crippen molar-refractivity contribution in [3.8, 4) is 33.6 Å². The number of hydrogen-bond donors (Lipinski definition) is 0. The summed E-state index contributed by atoms with van der Waals surface area (Å²) in [5.41, 5.74) is 37.7. The van der Waals surface area contributed by atoms with Gasteiger partial charge in [0.05, 0.1) is 11.0 Å². The standard InChI is InChI=1S/C74H56B2N4/c1-41-9-19-49(20-10-41)51-35-67-71-69(37-51)79-63-27-17-45(5)29-55(63)57-31-47(7)33-61(73(57)79)75(71)59-39-60-66(40-65(59)77(67)53-23-13-43(3)14-24-53)78(54-25-15-44(4)16-26-54)68-36-52(50-21-11-42(2)12-22-50)38-70-72(68)76(60)62-34-48(8)32-58-56-30-46(6)18-28-64(56)80(70)74(58)62/h9-40H,1-8H3. The van der Waals surface area contributed by atoms with Crippen LogP contribution in [0.15, 0.2) is 194 Å². The van der Waals surface area contributed by atoms with Crippen LogP contribution in [0, 0.1) is 55.4 Å². The predicted octanol–water partition coefficient (Wildman–Crippen LogP) is 14.9. The summed E-state index contributed by atoms with van der Waals surface area (Å²) in [6.07, 6.45) is 0. The van der Waals surface area contributed by atoms with E-state index in [1.165, 1.54) is 177 Å². The van der Waals surface area contributed by atoms with E-state index in [4.69, 9.17) is 0 Å². The second-order valence-electron chi connectivity index (χ2n) is 24.0. The largest absolute Gasteiger partial charge is 0.311 e. The van der Waals surface area contributed by atoms with E-state index < -0.39 is 0 Å². The van der Waals surface area contributed by atoms with Gasteiger partial charge in [-0.2, -0.15) is 0 Å². The summed E-state index contributed by atoms with van der Waals surface area (Å²) in [5.74, 6) is 0. The average molecular weight is 1020 g/mol. The summed E-state index contributed by atoms with van der Waals surface area (Å²) in [6, 6.07) is 76.2. The van der Waals surface area contributed by atoms with E-state index in [0.29, 0.717) is 0 Å². The highest BCUT2D eigenvalue weighted by molar-refractivity contribution is 7.03. The number of nitrogens with zero attached hydrogens (tertiary/aromatic N) is 4. The quantitative estimate of drug-likeness (QED) is 0.163. The molecule has 0 N–H and O–H groups in total. The maximum Gasteiger partial charge on any atom is 0.252 e. The molecule has 0 amide bonds. The van der Waals surface area contributed by atoms with Crippen molar-refractivity contribution in [1.82, 2.24) is 9.13 Å². The fourth-order valence-corrected chi connectivity index (χ4v) is 14.9. The Balaban J connectivity index is 1.05. The molecule has 80 heavy (non-hydrogen) atoms. The zero-order valence-corrected chi connectivity index (χ0v) is 46.4. The van der Waals surface area contributed by atoms with Gasteiger partial charge in [0, 0.05) is 78.1 Å². The summed E-state index contributed by atoms with van der Waals surface area (Å²) in [7, 11) is 0. The third-order valence-electron chi connectivity index (χ3n) is 18.5. The van der Waals surface area contributed by atoms with Crippen molar-refractivity contribution < 1.29 is 0 Å².